The van der Waals surface area contributed by atoms with Gasteiger partial charge in [-0.1, -0.05) is 27.7 Å². The third kappa shape index (κ3) is 8.21. The number of carboxylic acids is 1. The quantitative estimate of drug-likeness (QED) is 0.187. The number of rotatable bonds is 13. The molecule has 0 fully saturated rings. The first-order valence-corrected chi connectivity index (χ1v) is 11.3. The fraction of sp³-hybridized carbons (Fsp3) is 0.545. The number of hydrogen-bond donors (Lipinski definition) is 7. The molecule has 0 aliphatic rings. The van der Waals surface area contributed by atoms with E-state index in [2.05, 4.69) is 35.9 Å². The van der Waals surface area contributed by atoms with Gasteiger partial charge in [0.15, 0.2) is 0 Å². The molecule has 4 atom stereocenters. The second-order valence-corrected chi connectivity index (χ2v) is 9.02. The number of carbonyl (C=O) groups is 4. The summed E-state index contributed by atoms with van der Waals surface area (Å²) in [6.45, 7) is 7.00. The Morgan fingerprint density at radius 3 is 1.77 bits per heavy atom. The lowest BCUT2D eigenvalue weighted by Gasteiger charge is -2.27. The van der Waals surface area contributed by atoms with Crippen molar-refractivity contribution in [1.29, 1.82) is 0 Å². The van der Waals surface area contributed by atoms with Crippen molar-refractivity contribution in [1.82, 2.24) is 35.9 Å². The summed E-state index contributed by atoms with van der Waals surface area (Å²) < 4.78 is 0. The second kappa shape index (κ2) is 12.6. The maximum absolute atomic E-state index is 13.2. The molecule has 0 spiro atoms. The van der Waals surface area contributed by atoms with Crippen LogP contribution in [0.5, 0.6) is 0 Å². The molecule has 0 saturated carbocycles. The molecule has 13 heteroatoms. The second-order valence-electron chi connectivity index (χ2n) is 9.02. The number of aromatic amines is 2. The van der Waals surface area contributed by atoms with E-state index in [4.69, 9.17) is 5.73 Å². The number of aromatic nitrogens is 4. The molecule has 0 aliphatic carbocycles. The van der Waals surface area contributed by atoms with Gasteiger partial charge in [0, 0.05) is 36.6 Å². The zero-order chi connectivity index (χ0) is 26.1. The summed E-state index contributed by atoms with van der Waals surface area (Å²) in [7, 11) is 0. The van der Waals surface area contributed by atoms with E-state index < -0.39 is 47.9 Å². The molecule has 0 radical (unpaired) electrons. The van der Waals surface area contributed by atoms with Gasteiger partial charge in [-0.15, -0.1) is 0 Å². The lowest BCUT2D eigenvalue weighted by atomic mass is 10.0. The van der Waals surface area contributed by atoms with Crippen LogP contribution in [0.1, 0.15) is 39.1 Å². The summed E-state index contributed by atoms with van der Waals surface area (Å²) >= 11 is 0. The van der Waals surface area contributed by atoms with Crippen molar-refractivity contribution in [2.45, 2.75) is 64.7 Å². The number of imidazole rings is 2. The normalized spacial score (nSPS) is 14.7. The Kier molecular flexibility index (Phi) is 9.94. The first-order chi connectivity index (χ1) is 16.5. The summed E-state index contributed by atoms with van der Waals surface area (Å²) in [6.07, 6.45) is 5.93. The Hall–Kier alpha value is -3.74. The number of nitrogens with zero attached hydrogens (tertiary/aromatic N) is 2. The van der Waals surface area contributed by atoms with Crippen LogP contribution >= 0.6 is 0 Å². The van der Waals surface area contributed by atoms with Crippen molar-refractivity contribution >= 4 is 23.7 Å². The van der Waals surface area contributed by atoms with E-state index in [-0.39, 0.29) is 24.7 Å². The molecule has 0 aliphatic heterocycles. The zero-order valence-electron chi connectivity index (χ0n) is 20.2. The molecule has 2 rings (SSSR count). The molecule has 0 saturated heterocycles. The molecule has 3 amide bonds. The Bertz CT molecular complexity index is 974. The predicted octanol–water partition coefficient (Wildman–Crippen LogP) is -0.904. The standard InChI is InChI=1S/C22H34N8O5/c1-11(2)17(23)20(32)28-15(5-13-7-24-9-26-13)19(31)30-18(12(3)4)21(33)29-16(22(34)35)6-14-8-25-10-27-14/h7-12,15-18H,5-6,23H2,1-4H3,(H,24,26)(H,25,27)(H,28,32)(H,29,33)(H,30,31)(H,34,35). The molecular weight excluding hydrogens is 456 g/mol. The minimum atomic E-state index is -1.23. The Morgan fingerprint density at radius 2 is 1.34 bits per heavy atom. The average Bonchev–Trinajstić information content (AvgIpc) is 3.49. The van der Waals surface area contributed by atoms with Gasteiger partial charge in [-0.05, 0) is 11.8 Å². The molecule has 2 aromatic heterocycles. The molecule has 2 heterocycles. The number of nitrogens with two attached hydrogens (primary N) is 1. The van der Waals surface area contributed by atoms with E-state index in [0.29, 0.717) is 11.4 Å². The number of nitrogens with one attached hydrogen (secondary N) is 5. The first kappa shape index (κ1) is 27.5. The number of carbonyl (C=O) groups excluding carboxylic acids is 3. The van der Waals surface area contributed by atoms with Crippen LogP contribution in [0, 0.1) is 11.8 Å². The van der Waals surface area contributed by atoms with Crippen LogP contribution in [0.25, 0.3) is 0 Å². The number of carboxylic acid groups (broad SMARTS) is 1. The van der Waals surface area contributed by atoms with Crippen molar-refractivity contribution in [3.63, 3.8) is 0 Å². The van der Waals surface area contributed by atoms with Crippen molar-refractivity contribution in [3.8, 4) is 0 Å². The van der Waals surface area contributed by atoms with Crippen LogP contribution in [-0.2, 0) is 32.0 Å². The van der Waals surface area contributed by atoms with Crippen molar-refractivity contribution < 1.29 is 24.3 Å². The smallest absolute Gasteiger partial charge is 0.326 e. The Morgan fingerprint density at radius 1 is 0.829 bits per heavy atom. The Labute approximate surface area is 203 Å². The highest BCUT2D eigenvalue weighted by atomic mass is 16.4. The van der Waals surface area contributed by atoms with E-state index in [1.807, 2.05) is 0 Å². The van der Waals surface area contributed by atoms with Gasteiger partial charge in [0.05, 0.1) is 18.7 Å². The Balaban J connectivity index is 2.15. The van der Waals surface area contributed by atoms with Gasteiger partial charge >= 0.3 is 5.97 Å². The minimum absolute atomic E-state index is 0.00850. The van der Waals surface area contributed by atoms with Crippen LogP contribution in [0.4, 0.5) is 0 Å². The van der Waals surface area contributed by atoms with Gasteiger partial charge in [-0.2, -0.15) is 0 Å². The SMILES string of the molecule is CC(C)C(N)C(=O)NC(Cc1cnc[nH]1)C(=O)NC(C(=O)NC(Cc1cnc[nH]1)C(=O)O)C(C)C. The van der Waals surface area contributed by atoms with Gasteiger partial charge < -0.3 is 36.8 Å². The first-order valence-electron chi connectivity index (χ1n) is 11.3. The van der Waals surface area contributed by atoms with Crippen LogP contribution in [0.15, 0.2) is 25.0 Å². The van der Waals surface area contributed by atoms with E-state index in [1.165, 1.54) is 25.0 Å². The topological polar surface area (TPSA) is 208 Å². The number of H-pyrrole nitrogens is 2. The van der Waals surface area contributed by atoms with E-state index >= 15 is 0 Å². The highest BCUT2D eigenvalue weighted by Crippen LogP contribution is 2.08. The largest absolute Gasteiger partial charge is 0.480 e. The third-order valence-electron chi connectivity index (χ3n) is 5.47. The van der Waals surface area contributed by atoms with Gasteiger partial charge in [-0.25, -0.2) is 14.8 Å². The lowest BCUT2D eigenvalue weighted by molar-refractivity contribution is -0.142. The van der Waals surface area contributed by atoms with Crippen LogP contribution < -0.4 is 21.7 Å². The van der Waals surface area contributed by atoms with Crippen molar-refractivity contribution in [3.05, 3.63) is 36.4 Å². The lowest BCUT2D eigenvalue weighted by Crippen LogP contribution is -2.59. The molecule has 35 heavy (non-hydrogen) atoms. The van der Waals surface area contributed by atoms with Gasteiger partial charge in [0.2, 0.25) is 17.7 Å². The molecule has 0 bridgehead atoms. The highest BCUT2D eigenvalue weighted by Gasteiger charge is 2.32. The monoisotopic (exact) mass is 490 g/mol. The van der Waals surface area contributed by atoms with Gasteiger partial charge in [0.1, 0.15) is 18.1 Å². The molecule has 2 aromatic rings. The summed E-state index contributed by atoms with van der Waals surface area (Å²) in [5, 5.41) is 17.3. The maximum Gasteiger partial charge on any atom is 0.326 e. The van der Waals surface area contributed by atoms with Crippen molar-refractivity contribution in [2.75, 3.05) is 0 Å². The van der Waals surface area contributed by atoms with Crippen LogP contribution in [-0.4, -0.2) is 72.9 Å². The summed E-state index contributed by atoms with van der Waals surface area (Å²) in [5.74, 6) is -3.53. The third-order valence-corrected chi connectivity index (χ3v) is 5.47. The van der Waals surface area contributed by atoms with E-state index in [9.17, 15) is 24.3 Å². The van der Waals surface area contributed by atoms with Crippen LogP contribution in [0.2, 0.25) is 0 Å². The summed E-state index contributed by atoms with van der Waals surface area (Å²) in [6, 6.07) is -4.14. The number of aliphatic carboxylic acids is 1. The molecule has 8 N–H and O–H groups in total. The van der Waals surface area contributed by atoms with E-state index in [0.717, 1.165) is 0 Å². The zero-order valence-corrected chi connectivity index (χ0v) is 20.2. The van der Waals surface area contributed by atoms with E-state index in [1.54, 1.807) is 27.7 Å². The minimum Gasteiger partial charge on any atom is -0.480 e. The fourth-order valence-corrected chi connectivity index (χ4v) is 3.26. The average molecular weight is 491 g/mol. The number of amides is 3. The predicted molar refractivity (Wildman–Crippen MR) is 126 cm³/mol. The van der Waals surface area contributed by atoms with Gasteiger partial charge in [0.25, 0.3) is 0 Å². The maximum atomic E-state index is 13.2. The highest BCUT2D eigenvalue weighted by molar-refractivity contribution is 5.94. The molecule has 4 unspecified atom stereocenters. The van der Waals surface area contributed by atoms with Crippen LogP contribution in [0.3, 0.4) is 0 Å². The van der Waals surface area contributed by atoms with Gasteiger partial charge in [-0.3, -0.25) is 14.4 Å². The fourth-order valence-electron chi connectivity index (χ4n) is 3.26. The molecule has 0 aromatic carbocycles. The van der Waals surface area contributed by atoms with Crippen molar-refractivity contribution in [2.24, 2.45) is 17.6 Å². The summed E-state index contributed by atoms with van der Waals surface area (Å²) in [5.41, 5.74) is 7.06. The molecular formula is C22H34N8O5. The molecule has 13 nitrogen and oxygen atoms in total. The number of hydrogen-bond acceptors (Lipinski definition) is 7. The summed E-state index contributed by atoms with van der Waals surface area (Å²) in [4.78, 5) is 63.9. The molecule has 192 valence electrons.